The Labute approximate surface area is 91.2 Å². The largest absolute Gasteiger partial charge is 0.344 e. The van der Waals surface area contributed by atoms with Crippen LogP contribution in [0.1, 0.15) is 32.1 Å². The number of hydrogen-bond acceptors (Lipinski definition) is 3. The van der Waals surface area contributed by atoms with Gasteiger partial charge in [0.05, 0.1) is 19.0 Å². The average molecular weight is 209 g/mol. The molecule has 1 fully saturated rings. The Morgan fingerprint density at radius 1 is 1.53 bits per heavy atom. The van der Waals surface area contributed by atoms with Crippen molar-refractivity contribution in [2.45, 2.75) is 38.1 Å². The van der Waals surface area contributed by atoms with E-state index in [0.717, 1.165) is 0 Å². The van der Waals surface area contributed by atoms with E-state index < -0.39 is 0 Å². The van der Waals surface area contributed by atoms with Crippen LogP contribution in [0.5, 0.6) is 0 Å². The highest BCUT2D eigenvalue weighted by Crippen LogP contribution is 2.17. The number of nitrogens with one attached hydrogen (secondary N) is 1. The van der Waals surface area contributed by atoms with Gasteiger partial charge in [-0.05, 0) is 12.8 Å². The maximum absolute atomic E-state index is 11.6. The summed E-state index contributed by atoms with van der Waals surface area (Å²) in [5, 5.41) is 11.7. The van der Waals surface area contributed by atoms with Crippen LogP contribution >= 0.6 is 0 Å². The SMILES string of the molecule is CN(CCC#N)C(=O)CNC1CCCC1. The van der Waals surface area contributed by atoms with Crippen molar-refractivity contribution >= 4 is 5.91 Å². The fourth-order valence-electron chi connectivity index (χ4n) is 1.84. The number of nitriles is 1. The molecule has 0 saturated heterocycles. The molecular weight excluding hydrogens is 190 g/mol. The van der Waals surface area contributed by atoms with Gasteiger partial charge in [-0.1, -0.05) is 12.8 Å². The molecule has 0 bridgehead atoms. The van der Waals surface area contributed by atoms with Crippen molar-refractivity contribution in [3.8, 4) is 6.07 Å². The summed E-state index contributed by atoms with van der Waals surface area (Å²) in [6, 6.07) is 2.56. The monoisotopic (exact) mass is 209 g/mol. The molecule has 0 heterocycles. The summed E-state index contributed by atoms with van der Waals surface area (Å²) in [4.78, 5) is 13.2. The summed E-state index contributed by atoms with van der Waals surface area (Å²) in [6.07, 6.45) is 5.34. The van der Waals surface area contributed by atoms with Gasteiger partial charge in [-0.15, -0.1) is 0 Å². The summed E-state index contributed by atoms with van der Waals surface area (Å²) in [5.74, 6) is 0.0807. The van der Waals surface area contributed by atoms with Crippen LogP contribution in [0.2, 0.25) is 0 Å². The van der Waals surface area contributed by atoms with Crippen molar-refractivity contribution in [1.82, 2.24) is 10.2 Å². The van der Waals surface area contributed by atoms with Gasteiger partial charge in [0, 0.05) is 19.6 Å². The molecule has 1 aliphatic rings. The van der Waals surface area contributed by atoms with Crippen molar-refractivity contribution in [1.29, 1.82) is 5.26 Å². The Kier molecular flexibility index (Phi) is 5.13. The van der Waals surface area contributed by atoms with Gasteiger partial charge in [-0.3, -0.25) is 4.79 Å². The van der Waals surface area contributed by atoms with Gasteiger partial charge in [-0.2, -0.15) is 5.26 Å². The molecule has 84 valence electrons. The zero-order chi connectivity index (χ0) is 11.1. The molecule has 1 rings (SSSR count). The van der Waals surface area contributed by atoms with Crippen LogP contribution in [-0.2, 0) is 4.79 Å². The molecule has 4 nitrogen and oxygen atoms in total. The first-order valence-corrected chi connectivity index (χ1v) is 5.58. The number of carbonyl (C=O) groups is 1. The summed E-state index contributed by atoms with van der Waals surface area (Å²) < 4.78 is 0. The highest BCUT2D eigenvalue weighted by Gasteiger charge is 2.16. The second kappa shape index (κ2) is 6.41. The second-order valence-electron chi connectivity index (χ2n) is 4.09. The predicted octanol–water partition coefficient (Wildman–Crippen LogP) is 0.891. The van der Waals surface area contributed by atoms with Crippen molar-refractivity contribution in [3.05, 3.63) is 0 Å². The number of rotatable bonds is 5. The molecule has 0 aromatic carbocycles. The fourth-order valence-corrected chi connectivity index (χ4v) is 1.84. The first-order chi connectivity index (χ1) is 7.24. The van der Waals surface area contributed by atoms with Crippen LogP contribution in [0.15, 0.2) is 0 Å². The lowest BCUT2D eigenvalue weighted by Gasteiger charge is -2.17. The van der Waals surface area contributed by atoms with Gasteiger partial charge in [-0.25, -0.2) is 0 Å². The summed E-state index contributed by atoms with van der Waals surface area (Å²) in [5.41, 5.74) is 0. The Morgan fingerprint density at radius 2 is 2.20 bits per heavy atom. The minimum absolute atomic E-state index is 0.0807. The van der Waals surface area contributed by atoms with Crippen LogP contribution < -0.4 is 5.32 Å². The lowest BCUT2D eigenvalue weighted by atomic mass is 10.2. The van der Waals surface area contributed by atoms with E-state index in [-0.39, 0.29) is 5.91 Å². The van der Waals surface area contributed by atoms with E-state index >= 15 is 0 Å². The first kappa shape index (κ1) is 12.0. The molecule has 1 N–H and O–H groups in total. The topological polar surface area (TPSA) is 56.1 Å². The van der Waals surface area contributed by atoms with Gasteiger partial charge < -0.3 is 10.2 Å². The molecule has 0 unspecified atom stereocenters. The minimum Gasteiger partial charge on any atom is -0.344 e. The Bertz CT molecular complexity index is 241. The third-order valence-corrected chi connectivity index (χ3v) is 2.88. The van der Waals surface area contributed by atoms with Gasteiger partial charge in [0.15, 0.2) is 0 Å². The van der Waals surface area contributed by atoms with E-state index in [4.69, 9.17) is 5.26 Å². The molecule has 4 heteroatoms. The first-order valence-electron chi connectivity index (χ1n) is 5.58. The van der Waals surface area contributed by atoms with Crippen molar-refractivity contribution in [2.24, 2.45) is 0 Å². The molecule has 1 saturated carbocycles. The van der Waals surface area contributed by atoms with E-state index in [1.54, 1.807) is 11.9 Å². The quantitative estimate of drug-likeness (QED) is 0.731. The molecule has 0 atom stereocenters. The number of amides is 1. The molecule has 0 aromatic heterocycles. The minimum atomic E-state index is 0.0807. The van der Waals surface area contributed by atoms with Gasteiger partial charge >= 0.3 is 0 Å². The summed E-state index contributed by atoms with van der Waals surface area (Å²) in [7, 11) is 1.75. The van der Waals surface area contributed by atoms with Crippen LogP contribution in [-0.4, -0.2) is 37.0 Å². The Balaban J connectivity index is 2.14. The average Bonchev–Trinajstić information content (AvgIpc) is 2.75. The Morgan fingerprint density at radius 3 is 2.80 bits per heavy atom. The fraction of sp³-hybridized carbons (Fsp3) is 0.818. The summed E-state index contributed by atoms with van der Waals surface area (Å²) in [6.45, 7) is 0.939. The van der Waals surface area contributed by atoms with Gasteiger partial charge in [0.1, 0.15) is 0 Å². The van der Waals surface area contributed by atoms with Crippen LogP contribution in [0, 0.1) is 11.3 Å². The number of likely N-dealkylation sites (N-methyl/N-ethyl adjacent to an activating group) is 1. The highest BCUT2D eigenvalue weighted by molar-refractivity contribution is 5.77. The molecule has 0 radical (unpaired) electrons. The van der Waals surface area contributed by atoms with Crippen LogP contribution in [0.3, 0.4) is 0 Å². The number of nitrogens with zero attached hydrogens (tertiary/aromatic N) is 2. The van der Waals surface area contributed by atoms with E-state index in [1.165, 1.54) is 25.7 Å². The predicted molar refractivity (Wildman–Crippen MR) is 58.1 cm³/mol. The third-order valence-electron chi connectivity index (χ3n) is 2.88. The zero-order valence-corrected chi connectivity index (χ0v) is 9.33. The van der Waals surface area contributed by atoms with Gasteiger partial charge in [0.25, 0.3) is 0 Å². The molecular formula is C11H19N3O. The molecule has 0 aliphatic heterocycles. The van der Waals surface area contributed by atoms with Crippen LogP contribution in [0.4, 0.5) is 0 Å². The maximum Gasteiger partial charge on any atom is 0.236 e. The van der Waals surface area contributed by atoms with E-state index in [2.05, 4.69) is 5.32 Å². The number of hydrogen-bond donors (Lipinski definition) is 1. The zero-order valence-electron chi connectivity index (χ0n) is 9.33. The van der Waals surface area contributed by atoms with Crippen molar-refractivity contribution in [2.75, 3.05) is 20.1 Å². The standard InChI is InChI=1S/C11H19N3O/c1-14(8-4-7-12)11(15)9-13-10-5-2-3-6-10/h10,13H,2-6,8-9H2,1H3. The van der Waals surface area contributed by atoms with Crippen molar-refractivity contribution < 1.29 is 4.79 Å². The second-order valence-corrected chi connectivity index (χ2v) is 4.09. The van der Waals surface area contributed by atoms with E-state index in [1.807, 2.05) is 6.07 Å². The molecule has 1 aliphatic carbocycles. The van der Waals surface area contributed by atoms with Crippen LogP contribution in [0.25, 0.3) is 0 Å². The normalized spacial score (nSPS) is 16.3. The van der Waals surface area contributed by atoms with Gasteiger partial charge in [0.2, 0.25) is 5.91 Å². The molecule has 0 aromatic rings. The van der Waals surface area contributed by atoms with E-state index in [9.17, 15) is 4.79 Å². The Hall–Kier alpha value is -1.08. The lowest BCUT2D eigenvalue weighted by molar-refractivity contribution is -0.129. The molecule has 1 amide bonds. The lowest BCUT2D eigenvalue weighted by Crippen LogP contribution is -2.39. The van der Waals surface area contributed by atoms with E-state index in [0.29, 0.717) is 25.6 Å². The highest BCUT2D eigenvalue weighted by atomic mass is 16.2. The number of carbonyl (C=O) groups excluding carboxylic acids is 1. The summed E-state index contributed by atoms with van der Waals surface area (Å²) >= 11 is 0. The molecule has 15 heavy (non-hydrogen) atoms. The third kappa shape index (κ3) is 4.30. The smallest absolute Gasteiger partial charge is 0.236 e. The maximum atomic E-state index is 11.6. The molecule has 0 spiro atoms. The van der Waals surface area contributed by atoms with Crippen molar-refractivity contribution in [3.63, 3.8) is 0 Å².